The summed E-state index contributed by atoms with van der Waals surface area (Å²) in [6, 6.07) is 5.78. The maximum atomic E-state index is 6.89. The predicted molar refractivity (Wildman–Crippen MR) is 62.7 cm³/mol. The molecular formula is C10H9Br2N. The van der Waals surface area contributed by atoms with Crippen molar-refractivity contribution in [2.75, 3.05) is 0 Å². The van der Waals surface area contributed by atoms with E-state index in [9.17, 15) is 0 Å². The van der Waals surface area contributed by atoms with Gasteiger partial charge in [0.1, 0.15) is 0 Å². The van der Waals surface area contributed by atoms with Crippen LogP contribution in [0.2, 0.25) is 0 Å². The molecule has 0 saturated heterocycles. The zero-order valence-electron chi connectivity index (χ0n) is 7.22. The van der Waals surface area contributed by atoms with Gasteiger partial charge in [0.25, 0.3) is 0 Å². The number of halogens is 2. The van der Waals surface area contributed by atoms with Crippen LogP contribution in [0.1, 0.15) is 22.9 Å². The third kappa shape index (κ3) is 2.55. The predicted octanol–water partition coefficient (Wildman–Crippen LogP) is 4.59. The molecule has 1 unspecified atom stereocenters. The summed E-state index contributed by atoms with van der Waals surface area (Å²) in [6.07, 6.45) is 0. The molecule has 0 fully saturated rings. The second-order valence-electron chi connectivity index (χ2n) is 2.74. The van der Waals surface area contributed by atoms with Crippen molar-refractivity contribution in [1.29, 1.82) is 0 Å². The van der Waals surface area contributed by atoms with Crippen LogP contribution >= 0.6 is 31.9 Å². The molecule has 0 aliphatic rings. The Labute approximate surface area is 95.2 Å². The number of rotatable bonds is 2. The zero-order valence-corrected chi connectivity index (χ0v) is 10.4. The maximum Gasteiger partial charge on any atom is 0.187 e. The van der Waals surface area contributed by atoms with Gasteiger partial charge in [-0.2, -0.15) is 0 Å². The highest BCUT2D eigenvalue weighted by atomic mass is 79.9. The molecule has 1 nitrogen and oxygen atoms in total. The van der Waals surface area contributed by atoms with Crippen LogP contribution in [0.4, 0.5) is 5.69 Å². The third-order valence-electron chi connectivity index (χ3n) is 1.83. The molecule has 13 heavy (non-hydrogen) atoms. The van der Waals surface area contributed by atoms with Gasteiger partial charge in [-0.15, -0.1) is 0 Å². The third-order valence-corrected chi connectivity index (χ3v) is 2.93. The van der Waals surface area contributed by atoms with Crippen LogP contribution in [0.15, 0.2) is 18.2 Å². The van der Waals surface area contributed by atoms with Gasteiger partial charge in [0, 0.05) is 10.2 Å². The van der Waals surface area contributed by atoms with Crippen LogP contribution in [0.5, 0.6) is 0 Å². The molecule has 1 aromatic carbocycles. The molecule has 0 bridgehead atoms. The van der Waals surface area contributed by atoms with Gasteiger partial charge in [-0.05, 0) is 18.1 Å². The smallest absolute Gasteiger partial charge is 0.187 e. The summed E-state index contributed by atoms with van der Waals surface area (Å²) in [4.78, 5) is 3.73. The van der Waals surface area contributed by atoms with Crippen molar-refractivity contribution in [3.8, 4) is 0 Å². The summed E-state index contributed by atoms with van der Waals surface area (Å²) in [7, 11) is 0. The summed E-state index contributed by atoms with van der Waals surface area (Å²) in [5.41, 5.74) is 3.12. The average Bonchev–Trinajstić information content (AvgIpc) is 2.16. The summed E-state index contributed by atoms with van der Waals surface area (Å²) >= 11 is 6.94. The minimum Gasteiger partial charge on any atom is -0.238 e. The second-order valence-corrected chi connectivity index (χ2v) is 4.68. The Morgan fingerprint density at radius 3 is 2.69 bits per heavy atom. The fourth-order valence-corrected chi connectivity index (χ4v) is 2.10. The lowest BCUT2D eigenvalue weighted by Crippen LogP contribution is -1.90. The largest absolute Gasteiger partial charge is 0.238 e. The lowest BCUT2D eigenvalue weighted by Gasteiger charge is -2.09. The average molecular weight is 303 g/mol. The van der Waals surface area contributed by atoms with E-state index in [-0.39, 0.29) is 0 Å². The number of benzene rings is 1. The summed E-state index contributed by atoms with van der Waals surface area (Å²) in [5, 5.41) is 0.793. The maximum absolute atomic E-state index is 6.89. The van der Waals surface area contributed by atoms with Gasteiger partial charge < -0.3 is 0 Å². The van der Waals surface area contributed by atoms with Crippen molar-refractivity contribution in [1.82, 2.24) is 0 Å². The molecule has 0 aromatic heterocycles. The Hall–Kier alpha value is -0.330. The minimum absolute atomic E-state index is 0.333. The molecule has 0 saturated carbocycles. The van der Waals surface area contributed by atoms with E-state index in [0.29, 0.717) is 10.5 Å². The first-order valence-electron chi connectivity index (χ1n) is 3.89. The molecule has 0 heterocycles. The van der Waals surface area contributed by atoms with E-state index < -0.39 is 0 Å². The lowest BCUT2D eigenvalue weighted by atomic mass is 10.1. The molecular weight excluding hydrogens is 294 g/mol. The van der Waals surface area contributed by atoms with E-state index in [0.717, 1.165) is 5.33 Å². The van der Waals surface area contributed by atoms with E-state index in [1.54, 1.807) is 0 Å². The van der Waals surface area contributed by atoms with E-state index in [2.05, 4.69) is 43.6 Å². The van der Waals surface area contributed by atoms with Gasteiger partial charge in [-0.1, -0.05) is 50.1 Å². The molecule has 0 N–H and O–H groups in total. The summed E-state index contributed by atoms with van der Waals surface area (Å²) < 4.78 is 0. The standard InChI is InChI=1S/C10H9Br2N/c1-7(12)10-4-3-9(13-2)5-8(10)6-11/h3-5,7H,6H2,1H3. The highest BCUT2D eigenvalue weighted by Gasteiger charge is 2.07. The Balaban J connectivity index is 3.17. The van der Waals surface area contributed by atoms with E-state index in [1.165, 1.54) is 11.1 Å². The van der Waals surface area contributed by atoms with Gasteiger partial charge in [0.05, 0.1) is 6.57 Å². The van der Waals surface area contributed by atoms with Crippen molar-refractivity contribution in [2.45, 2.75) is 17.1 Å². The number of hydrogen-bond donors (Lipinski definition) is 0. The van der Waals surface area contributed by atoms with Gasteiger partial charge in [0.15, 0.2) is 5.69 Å². The molecule has 0 aliphatic heterocycles. The van der Waals surface area contributed by atoms with E-state index in [4.69, 9.17) is 6.57 Å². The topological polar surface area (TPSA) is 4.36 Å². The first-order chi connectivity index (χ1) is 6.19. The van der Waals surface area contributed by atoms with Gasteiger partial charge in [-0.3, -0.25) is 0 Å². The van der Waals surface area contributed by atoms with Gasteiger partial charge in [-0.25, -0.2) is 4.85 Å². The quantitative estimate of drug-likeness (QED) is 0.556. The lowest BCUT2D eigenvalue weighted by molar-refractivity contribution is 1.09. The number of alkyl halides is 2. The van der Waals surface area contributed by atoms with Gasteiger partial charge >= 0.3 is 0 Å². The molecule has 3 heteroatoms. The number of hydrogen-bond acceptors (Lipinski definition) is 0. The molecule has 0 radical (unpaired) electrons. The summed E-state index contributed by atoms with van der Waals surface area (Å²) in [6.45, 7) is 8.97. The molecule has 1 rings (SSSR count). The van der Waals surface area contributed by atoms with Crippen molar-refractivity contribution in [3.63, 3.8) is 0 Å². The Kier molecular flexibility index (Phi) is 3.95. The van der Waals surface area contributed by atoms with Crippen LogP contribution in [0.3, 0.4) is 0 Å². The fourth-order valence-electron chi connectivity index (χ4n) is 1.17. The van der Waals surface area contributed by atoms with Crippen molar-refractivity contribution in [3.05, 3.63) is 40.7 Å². The molecule has 0 amide bonds. The molecule has 1 atom stereocenters. The second kappa shape index (κ2) is 4.78. The van der Waals surface area contributed by atoms with Crippen LogP contribution in [0.25, 0.3) is 4.85 Å². The molecule has 68 valence electrons. The van der Waals surface area contributed by atoms with E-state index in [1.807, 2.05) is 18.2 Å². The highest BCUT2D eigenvalue weighted by molar-refractivity contribution is 9.09. The van der Waals surface area contributed by atoms with Crippen LogP contribution in [-0.2, 0) is 5.33 Å². The monoisotopic (exact) mass is 301 g/mol. The first-order valence-corrected chi connectivity index (χ1v) is 5.93. The minimum atomic E-state index is 0.333. The fraction of sp³-hybridized carbons (Fsp3) is 0.300. The molecule has 0 spiro atoms. The van der Waals surface area contributed by atoms with Crippen molar-refractivity contribution in [2.24, 2.45) is 0 Å². The number of nitrogens with zero attached hydrogens (tertiary/aromatic N) is 1. The Morgan fingerprint density at radius 1 is 1.54 bits per heavy atom. The Bertz CT molecular complexity index is 339. The molecule has 1 aromatic rings. The molecule has 0 aliphatic carbocycles. The normalized spacial score (nSPS) is 12.2. The van der Waals surface area contributed by atoms with E-state index >= 15 is 0 Å². The van der Waals surface area contributed by atoms with Gasteiger partial charge in [0.2, 0.25) is 0 Å². The highest BCUT2D eigenvalue weighted by Crippen LogP contribution is 2.29. The van der Waals surface area contributed by atoms with Crippen LogP contribution < -0.4 is 0 Å². The van der Waals surface area contributed by atoms with Crippen molar-refractivity contribution >= 4 is 37.5 Å². The SMILES string of the molecule is [C-]#[N+]c1ccc(C(C)Br)c(CBr)c1. The van der Waals surface area contributed by atoms with Crippen molar-refractivity contribution < 1.29 is 0 Å². The Morgan fingerprint density at radius 2 is 2.23 bits per heavy atom. The zero-order chi connectivity index (χ0) is 9.84. The first kappa shape index (κ1) is 10.7. The summed E-state index contributed by atoms with van der Waals surface area (Å²) in [5.74, 6) is 0. The van der Waals surface area contributed by atoms with Crippen LogP contribution in [-0.4, -0.2) is 0 Å². The van der Waals surface area contributed by atoms with Crippen LogP contribution in [0, 0.1) is 6.57 Å².